The fourth-order valence-electron chi connectivity index (χ4n) is 2.20. The van der Waals surface area contributed by atoms with Crippen LogP contribution in [-0.4, -0.2) is 31.9 Å². The van der Waals surface area contributed by atoms with Crippen LogP contribution in [0, 0.1) is 0 Å². The zero-order chi connectivity index (χ0) is 13.3. The molecule has 18 heavy (non-hydrogen) atoms. The zero-order valence-electron chi connectivity index (χ0n) is 10.8. The van der Waals surface area contributed by atoms with Gasteiger partial charge in [0.2, 0.25) is 10.0 Å². The number of hydrogen-bond acceptors (Lipinski definition) is 3. The van der Waals surface area contributed by atoms with Crippen molar-refractivity contribution in [2.24, 2.45) is 5.73 Å². The van der Waals surface area contributed by atoms with E-state index in [0.717, 1.165) is 12.0 Å². The maximum Gasteiger partial charge on any atom is 0.243 e. The number of nitrogens with two attached hydrogens (primary N) is 1. The molecule has 1 aliphatic rings. The number of sulfonamides is 1. The molecule has 0 aliphatic heterocycles. The molecule has 0 unspecified atom stereocenters. The van der Waals surface area contributed by atoms with Crippen LogP contribution in [-0.2, 0) is 10.0 Å². The monoisotopic (exact) mass is 268 g/mol. The predicted molar refractivity (Wildman–Crippen MR) is 71.9 cm³/mol. The highest BCUT2D eigenvalue weighted by atomic mass is 32.2. The van der Waals surface area contributed by atoms with Crippen LogP contribution in [0.2, 0.25) is 0 Å². The van der Waals surface area contributed by atoms with E-state index in [2.05, 4.69) is 0 Å². The molecule has 1 aromatic rings. The van der Waals surface area contributed by atoms with E-state index in [0.29, 0.717) is 23.9 Å². The molecule has 0 radical (unpaired) electrons. The highest BCUT2D eigenvalue weighted by Gasteiger charge is 2.34. The molecule has 1 aromatic carbocycles. The first-order valence-electron chi connectivity index (χ1n) is 6.36. The van der Waals surface area contributed by atoms with Crippen LogP contribution in [0.3, 0.4) is 0 Å². The van der Waals surface area contributed by atoms with Gasteiger partial charge in [0.25, 0.3) is 0 Å². The van der Waals surface area contributed by atoms with Gasteiger partial charge in [0.05, 0.1) is 4.90 Å². The topological polar surface area (TPSA) is 63.4 Å². The molecule has 0 saturated heterocycles. The van der Waals surface area contributed by atoms with Crippen molar-refractivity contribution in [3.63, 3.8) is 0 Å². The summed E-state index contributed by atoms with van der Waals surface area (Å²) in [6, 6.07) is 7.39. The van der Waals surface area contributed by atoms with E-state index in [4.69, 9.17) is 5.73 Å². The highest BCUT2D eigenvalue weighted by Crippen LogP contribution is 2.39. The first-order chi connectivity index (χ1) is 8.50. The average molecular weight is 268 g/mol. The van der Waals surface area contributed by atoms with E-state index in [9.17, 15) is 8.42 Å². The minimum atomic E-state index is -3.33. The zero-order valence-corrected chi connectivity index (χ0v) is 11.7. The normalized spacial score (nSPS) is 23.3. The van der Waals surface area contributed by atoms with Gasteiger partial charge in [-0.25, -0.2) is 8.42 Å². The Morgan fingerprint density at radius 3 is 2.11 bits per heavy atom. The van der Waals surface area contributed by atoms with Crippen molar-refractivity contribution in [2.75, 3.05) is 13.1 Å². The molecule has 2 rings (SSSR count). The quantitative estimate of drug-likeness (QED) is 0.881. The van der Waals surface area contributed by atoms with E-state index in [1.54, 1.807) is 12.1 Å². The molecule has 2 N–H and O–H groups in total. The maximum absolute atomic E-state index is 12.3. The van der Waals surface area contributed by atoms with Gasteiger partial charge in [-0.05, 0) is 24.1 Å². The maximum atomic E-state index is 12.3. The molecule has 1 saturated carbocycles. The summed E-state index contributed by atoms with van der Waals surface area (Å²) >= 11 is 0. The number of nitrogens with zero attached hydrogens (tertiary/aromatic N) is 1. The van der Waals surface area contributed by atoms with Crippen molar-refractivity contribution in [1.29, 1.82) is 0 Å². The Morgan fingerprint density at radius 1 is 1.22 bits per heavy atom. The van der Waals surface area contributed by atoms with Gasteiger partial charge in [-0.2, -0.15) is 4.31 Å². The van der Waals surface area contributed by atoms with Crippen LogP contribution in [0.25, 0.3) is 0 Å². The SMILES string of the molecule is CCN(CC)S(=O)(=O)c1ccc([C@H]2C[C@@H]2N)cc1. The second kappa shape index (κ2) is 4.99. The Bertz CT molecular complexity index is 506. The standard InChI is InChI=1S/C13H20N2O2S/c1-3-15(4-2)18(16,17)11-7-5-10(6-8-11)12-9-13(12)14/h5-8,12-13H,3-4,9,14H2,1-2H3/t12-,13+/m1/s1. The van der Waals surface area contributed by atoms with Crippen molar-refractivity contribution < 1.29 is 8.42 Å². The van der Waals surface area contributed by atoms with Crippen LogP contribution in [0.4, 0.5) is 0 Å². The Kier molecular flexibility index (Phi) is 3.75. The molecule has 0 bridgehead atoms. The summed E-state index contributed by atoms with van der Waals surface area (Å²) in [5.74, 6) is 0.412. The van der Waals surface area contributed by atoms with Gasteiger partial charge in [0.15, 0.2) is 0 Å². The van der Waals surface area contributed by atoms with E-state index in [-0.39, 0.29) is 6.04 Å². The van der Waals surface area contributed by atoms with Crippen molar-refractivity contribution in [2.45, 2.75) is 37.1 Å². The van der Waals surface area contributed by atoms with Crippen molar-refractivity contribution >= 4 is 10.0 Å². The molecular weight excluding hydrogens is 248 g/mol. The minimum absolute atomic E-state index is 0.246. The summed E-state index contributed by atoms with van der Waals surface area (Å²) in [6.07, 6.45) is 1.00. The van der Waals surface area contributed by atoms with E-state index in [1.807, 2.05) is 26.0 Å². The molecule has 4 nitrogen and oxygen atoms in total. The second-order valence-electron chi connectivity index (χ2n) is 4.66. The van der Waals surface area contributed by atoms with E-state index in [1.165, 1.54) is 4.31 Å². The third kappa shape index (κ3) is 2.43. The van der Waals surface area contributed by atoms with Gasteiger partial charge in [-0.15, -0.1) is 0 Å². The Morgan fingerprint density at radius 2 is 1.72 bits per heavy atom. The van der Waals surface area contributed by atoms with Gasteiger partial charge < -0.3 is 5.73 Å². The molecule has 0 spiro atoms. The van der Waals surface area contributed by atoms with Crippen LogP contribution >= 0.6 is 0 Å². The Labute approximate surface area is 109 Å². The molecule has 2 atom stereocenters. The molecule has 0 heterocycles. The number of benzene rings is 1. The smallest absolute Gasteiger partial charge is 0.243 e. The summed E-state index contributed by atoms with van der Waals surface area (Å²) < 4.78 is 26.0. The lowest BCUT2D eigenvalue weighted by atomic mass is 10.1. The molecular formula is C13H20N2O2S. The summed E-state index contributed by atoms with van der Waals surface area (Å²) in [5, 5.41) is 0. The van der Waals surface area contributed by atoms with Gasteiger partial charge in [-0.1, -0.05) is 26.0 Å². The van der Waals surface area contributed by atoms with Crippen molar-refractivity contribution in [3.8, 4) is 0 Å². The fraction of sp³-hybridized carbons (Fsp3) is 0.538. The Balaban J connectivity index is 2.23. The third-order valence-electron chi connectivity index (χ3n) is 3.49. The summed E-state index contributed by atoms with van der Waals surface area (Å²) in [6.45, 7) is 4.68. The molecule has 0 aromatic heterocycles. The van der Waals surface area contributed by atoms with Crippen LogP contribution < -0.4 is 5.73 Å². The minimum Gasteiger partial charge on any atom is -0.327 e. The van der Waals surface area contributed by atoms with Crippen LogP contribution in [0.5, 0.6) is 0 Å². The first kappa shape index (κ1) is 13.5. The van der Waals surface area contributed by atoms with Gasteiger partial charge in [0.1, 0.15) is 0 Å². The van der Waals surface area contributed by atoms with E-state index < -0.39 is 10.0 Å². The Hall–Kier alpha value is -0.910. The molecule has 5 heteroatoms. The number of rotatable bonds is 5. The van der Waals surface area contributed by atoms with Gasteiger partial charge in [0, 0.05) is 25.0 Å². The lowest BCUT2D eigenvalue weighted by Crippen LogP contribution is -2.30. The fourth-order valence-corrected chi connectivity index (χ4v) is 3.66. The third-order valence-corrected chi connectivity index (χ3v) is 5.56. The molecule has 1 fully saturated rings. The predicted octanol–water partition coefficient (Wildman–Crippen LogP) is 1.53. The van der Waals surface area contributed by atoms with Crippen LogP contribution in [0.15, 0.2) is 29.2 Å². The molecule has 100 valence electrons. The number of hydrogen-bond donors (Lipinski definition) is 1. The largest absolute Gasteiger partial charge is 0.327 e. The molecule has 0 amide bonds. The lowest BCUT2D eigenvalue weighted by Gasteiger charge is -2.18. The second-order valence-corrected chi connectivity index (χ2v) is 6.60. The summed E-state index contributed by atoms with van der Waals surface area (Å²) in [5.41, 5.74) is 6.93. The highest BCUT2D eigenvalue weighted by molar-refractivity contribution is 7.89. The lowest BCUT2D eigenvalue weighted by molar-refractivity contribution is 0.445. The van der Waals surface area contributed by atoms with Gasteiger partial charge >= 0.3 is 0 Å². The van der Waals surface area contributed by atoms with Gasteiger partial charge in [-0.3, -0.25) is 0 Å². The average Bonchev–Trinajstić information content (AvgIpc) is 3.08. The van der Waals surface area contributed by atoms with Crippen molar-refractivity contribution in [3.05, 3.63) is 29.8 Å². The van der Waals surface area contributed by atoms with Crippen molar-refractivity contribution in [1.82, 2.24) is 4.31 Å². The van der Waals surface area contributed by atoms with E-state index >= 15 is 0 Å². The summed E-state index contributed by atoms with van der Waals surface area (Å²) in [7, 11) is -3.33. The molecule has 1 aliphatic carbocycles. The summed E-state index contributed by atoms with van der Waals surface area (Å²) in [4.78, 5) is 0.365. The van der Waals surface area contributed by atoms with Crippen LogP contribution in [0.1, 0.15) is 31.7 Å². The first-order valence-corrected chi connectivity index (χ1v) is 7.80.